The van der Waals surface area contributed by atoms with E-state index < -0.39 is 5.97 Å². The van der Waals surface area contributed by atoms with Crippen LogP contribution in [0.5, 0.6) is 0 Å². The first-order chi connectivity index (χ1) is 9.81. The molecule has 5 nitrogen and oxygen atoms in total. The van der Waals surface area contributed by atoms with Crippen molar-refractivity contribution in [1.82, 2.24) is 9.88 Å². The minimum absolute atomic E-state index is 0.0981. The Morgan fingerprint density at radius 3 is 2.33 bits per heavy atom. The summed E-state index contributed by atoms with van der Waals surface area (Å²) in [4.78, 5) is 31.0. The Morgan fingerprint density at radius 1 is 1.24 bits per heavy atom. The third-order valence-electron chi connectivity index (χ3n) is 3.25. The van der Waals surface area contributed by atoms with Gasteiger partial charge in [-0.3, -0.25) is 4.79 Å². The number of thiazole rings is 1. The van der Waals surface area contributed by atoms with Crippen molar-refractivity contribution < 1.29 is 14.7 Å². The first-order valence-corrected chi connectivity index (χ1v) is 7.98. The molecule has 0 aliphatic rings. The van der Waals surface area contributed by atoms with Crippen LogP contribution in [0.3, 0.4) is 0 Å². The highest BCUT2D eigenvalue weighted by atomic mass is 32.1. The monoisotopic (exact) mass is 324 g/mol. The largest absolute Gasteiger partial charge is 0.477 e. The van der Waals surface area contributed by atoms with Crippen molar-refractivity contribution >= 4 is 34.6 Å². The van der Waals surface area contributed by atoms with Crippen LogP contribution in [0.15, 0.2) is 12.1 Å². The van der Waals surface area contributed by atoms with Crippen LogP contribution in [-0.4, -0.2) is 33.9 Å². The number of hydrogen-bond acceptors (Lipinski definition) is 5. The summed E-state index contributed by atoms with van der Waals surface area (Å²) in [6.45, 7) is 5.82. The van der Waals surface area contributed by atoms with E-state index in [0.29, 0.717) is 4.88 Å². The predicted octanol–water partition coefficient (Wildman–Crippen LogP) is 3.35. The van der Waals surface area contributed by atoms with E-state index in [-0.39, 0.29) is 16.8 Å². The van der Waals surface area contributed by atoms with E-state index in [1.165, 1.54) is 6.07 Å². The maximum absolute atomic E-state index is 12.4. The van der Waals surface area contributed by atoms with E-state index >= 15 is 0 Å². The summed E-state index contributed by atoms with van der Waals surface area (Å²) in [6, 6.07) is 2.92. The minimum Gasteiger partial charge on any atom is -0.477 e. The maximum atomic E-state index is 12.4. The highest BCUT2D eigenvalue weighted by molar-refractivity contribution is 7.15. The minimum atomic E-state index is -1.01. The molecule has 2 rings (SSSR count). The van der Waals surface area contributed by atoms with Crippen LogP contribution in [0.1, 0.15) is 47.9 Å². The van der Waals surface area contributed by atoms with E-state index in [1.807, 2.05) is 20.8 Å². The number of aryl methyl sites for hydroxylation is 2. The number of nitrogens with zero attached hydrogens (tertiary/aromatic N) is 2. The van der Waals surface area contributed by atoms with Gasteiger partial charge in [0.05, 0.1) is 21.6 Å². The van der Waals surface area contributed by atoms with Gasteiger partial charge in [-0.05, 0) is 32.9 Å². The van der Waals surface area contributed by atoms with Gasteiger partial charge in [0.1, 0.15) is 4.88 Å². The van der Waals surface area contributed by atoms with Crippen LogP contribution in [0.25, 0.3) is 0 Å². The number of carbonyl (C=O) groups excluding carboxylic acids is 1. The molecule has 0 bridgehead atoms. The van der Waals surface area contributed by atoms with E-state index in [0.717, 1.165) is 26.9 Å². The molecule has 7 heteroatoms. The predicted molar refractivity (Wildman–Crippen MR) is 83.4 cm³/mol. The normalized spacial score (nSPS) is 12.2. The van der Waals surface area contributed by atoms with Crippen molar-refractivity contribution in [3.63, 3.8) is 0 Å². The molecular formula is C14H16N2O3S2. The fraction of sp³-hybridized carbons (Fsp3) is 0.357. The number of hydrogen-bond donors (Lipinski definition) is 1. The van der Waals surface area contributed by atoms with Crippen LogP contribution in [-0.2, 0) is 0 Å². The summed E-state index contributed by atoms with van der Waals surface area (Å²) >= 11 is 2.57. The molecule has 0 unspecified atom stereocenters. The Balaban J connectivity index is 2.21. The second-order valence-corrected chi connectivity index (χ2v) is 7.06. The van der Waals surface area contributed by atoms with Gasteiger partial charge < -0.3 is 10.0 Å². The molecule has 0 spiro atoms. The highest BCUT2D eigenvalue weighted by Crippen LogP contribution is 2.30. The lowest BCUT2D eigenvalue weighted by Gasteiger charge is -2.23. The molecular weight excluding hydrogens is 308 g/mol. The zero-order valence-corrected chi connectivity index (χ0v) is 13.8. The molecule has 21 heavy (non-hydrogen) atoms. The number of rotatable bonds is 4. The van der Waals surface area contributed by atoms with Crippen LogP contribution in [0.2, 0.25) is 0 Å². The van der Waals surface area contributed by atoms with Gasteiger partial charge in [-0.15, -0.1) is 22.7 Å². The first-order valence-electron chi connectivity index (χ1n) is 6.35. The van der Waals surface area contributed by atoms with E-state index in [4.69, 9.17) is 5.11 Å². The van der Waals surface area contributed by atoms with Gasteiger partial charge in [0.2, 0.25) is 0 Å². The number of carboxylic acid groups (broad SMARTS) is 1. The summed E-state index contributed by atoms with van der Waals surface area (Å²) < 4.78 is 0. The van der Waals surface area contributed by atoms with Gasteiger partial charge in [-0.1, -0.05) is 0 Å². The molecule has 2 aromatic heterocycles. The van der Waals surface area contributed by atoms with E-state index in [1.54, 1.807) is 29.4 Å². The standard InChI is InChI=1S/C14H16N2O3S2/c1-7-12(20-9(3)15-7)8(2)16(4)13(17)10-5-6-11(21-10)14(18)19/h5-6,8H,1-4H3,(H,18,19)/t8-/m0/s1. The molecule has 2 heterocycles. The molecule has 1 amide bonds. The zero-order valence-electron chi connectivity index (χ0n) is 12.2. The molecule has 2 aromatic rings. The number of aromatic carboxylic acids is 1. The summed E-state index contributed by atoms with van der Waals surface area (Å²) in [5.74, 6) is -1.19. The van der Waals surface area contributed by atoms with Crippen LogP contribution >= 0.6 is 22.7 Å². The lowest BCUT2D eigenvalue weighted by molar-refractivity contribution is 0.0701. The molecule has 1 atom stereocenters. The van der Waals surface area contributed by atoms with Crippen LogP contribution < -0.4 is 0 Å². The molecule has 0 radical (unpaired) electrons. The molecule has 1 N–H and O–H groups in total. The first kappa shape index (κ1) is 15.7. The molecule has 0 aliphatic carbocycles. The van der Waals surface area contributed by atoms with Gasteiger partial charge >= 0.3 is 5.97 Å². The quantitative estimate of drug-likeness (QED) is 0.936. The number of aromatic nitrogens is 1. The molecule has 0 saturated carbocycles. The third-order valence-corrected chi connectivity index (χ3v) is 5.55. The molecule has 0 aliphatic heterocycles. The number of thiophene rings is 1. The topological polar surface area (TPSA) is 70.5 Å². The molecule has 0 aromatic carbocycles. The van der Waals surface area contributed by atoms with Crippen LogP contribution in [0, 0.1) is 13.8 Å². The summed E-state index contributed by atoms with van der Waals surface area (Å²) in [7, 11) is 1.72. The van der Waals surface area contributed by atoms with Crippen molar-refractivity contribution in [2.24, 2.45) is 0 Å². The van der Waals surface area contributed by atoms with Gasteiger partial charge in [-0.25, -0.2) is 9.78 Å². The molecule has 112 valence electrons. The molecule has 0 fully saturated rings. The Bertz CT molecular complexity index is 690. The maximum Gasteiger partial charge on any atom is 0.345 e. The SMILES string of the molecule is Cc1nc(C)c([C@H](C)N(C)C(=O)c2ccc(C(=O)O)s2)s1. The second kappa shape index (κ2) is 5.95. The Labute approximate surface area is 130 Å². The van der Waals surface area contributed by atoms with Crippen molar-refractivity contribution in [3.05, 3.63) is 37.5 Å². The Hall–Kier alpha value is -1.73. The molecule has 0 saturated heterocycles. The Kier molecular flexibility index (Phi) is 4.43. The summed E-state index contributed by atoms with van der Waals surface area (Å²) in [5.41, 5.74) is 0.932. The second-order valence-electron chi connectivity index (χ2n) is 4.74. The van der Waals surface area contributed by atoms with Gasteiger partial charge in [-0.2, -0.15) is 0 Å². The summed E-state index contributed by atoms with van der Waals surface area (Å²) in [6.07, 6.45) is 0. The van der Waals surface area contributed by atoms with Crippen molar-refractivity contribution in [3.8, 4) is 0 Å². The fourth-order valence-electron chi connectivity index (χ4n) is 2.03. The highest BCUT2D eigenvalue weighted by Gasteiger charge is 2.24. The van der Waals surface area contributed by atoms with E-state index in [2.05, 4.69) is 4.98 Å². The third kappa shape index (κ3) is 3.14. The van der Waals surface area contributed by atoms with Crippen LogP contribution in [0.4, 0.5) is 0 Å². The Morgan fingerprint density at radius 2 is 1.86 bits per heavy atom. The zero-order chi connectivity index (χ0) is 15.7. The van der Waals surface area contributed by atoms with Crippen molar-refractivity contribution in [2.75, 3.05) is 7.05 Å². The number of amides is 1. The van der Waals surface area contributed by atoms with E-state index in [9.17, 15) is 9.59 Å². The van der Waals surface area contributed by atoms with Crippen molar-refractivity contribution in [2.45, 2.75) is 26.8 Å². The van der Waals surface area contributed by atoms with Gasteiger partial charge in [0.25, 0.3) is 5.91 Å². The van der Waals surface area contributed by atoms with Gasteiger partial charge in [0.15, 0.2) is 0 Å². The number of carbonyl (C=O) groups is 2. The summed E-state index contributed by atoms with van der Waals surface area (Å²) in [5, 5.41) is 9.90. The lowest BCUT2D eigenvalue weighted by Crippen LogP contribution is -2.28. The average Bonchev–Trinajstić information content (AvgIpc) is 3.03. The smallest absolute Gasteiger partial charge is 0.345 e. The fourth-order valence-corrected chi connectivity index (χ4v) is 3.88. The average molecular weight is 324 g/mol. The van der Waals surface area contributed by atoms with Crippen molar-refractivity contribution in [1.29, 1.82) is 0 Å². The van der Waals surface area contributed by atoms with Gasteiger partial charge in [0, 0.05) is 11.9 Å². The lowest BCUT2D eigenvalue weighted by atomic mass is 10.2. The number of carboxylic acids is 1.